The Kier molecular flexibility index (Phi) is 6.53. The van der Waals surface area contributed by atoms with E-state index in [0.717, 1.165) is 18.7 Å². The normalized spacial score (nSPS) is 16.8. The second kappa shape index (κ2) is 8.93. The van der Waals surface area contributed by atoms with Gasteiger partial charge in [-0.2, -0.15) is 13.2 Å². The van der Waals surface area contributed by atoms with Crippen LogP contribution in [0.25, 0.3) is 0 Å². The van der Waals surface area contributed by atoms with Gasteiger partial charge in [-0.05, 0) is 29.5 Å². The minimum absolute atomic E-state index is 0.0945. The zero-order valence-electron chi connectivity index (χ0n) is 17.3. The summed E-state index contributed by atoms with van der Waals surface area (Å²) >= 11 is 0. The first-order chi connectivity index (χ1) is 14.2. The van der Waals surface area contributed by atoms with Gasteiger partial charge in [0.25, 0.3) is 0 Å². The number of hydrogen-bond donors (Lipinski definition) is 1. The van der Waals surface area contributed by atoms with Gasteiger partial charge in [0.05, 0.1) is 25.4 Å². The molecule has 0 bridgehead atoms. The molecule has 1 saturated heterocycles. The second-order valence-electron chi connectivity index (χ2n) is 7.82. The maximum absolute atomic E-state index is 13.2. The van der Waals surface area contributed by atoms with Gasteiger partial charge in [-0.25, -0.2) is 4.98 Å². The molecule has 162 valence electrons. The number of benzene rings is 1. The molecular weight excluding hydrogens is 395 g/mol. The highest BCUT2D eigenvalue weighted by Gasteiger charge is 2.36. The molecule has 3 rings (SSSR count). The molecule has 1 aromatic heterocycles. The average Bonchev–Trinajstić information content (AvgIpc) is 3.15. The fraction of sp³-hybridized carbons (Fsp3) is 0.455. The highest BCUT2D eigenvalue weighted by atomic mass is 19.4. The summed E-state index contributed by atoms with van der Waals surface area (Å²) < 4.78 is 44.4. The lowest BCUT2D eigenvalue weighted by Gasteiger charge is -2.21. The number of hydrogen-bond acceptors (Lipinski definition) is 4. The Morgan fingerprint density at radius 1 is 1.30 bits per heavy atom. The third-order valence-corrected chi connectivity index (χ3v) is 5.27. The monoisotopic (exact) mass is 421 g/mol. The SMILES string of the molecule is COc1ncc(N2CCC(NC(=O)Cc3ccc(C(C)C)cc3)C2)cc1C(F)(F)F. The minimum atomic E-state index is -4.55. The van der Waals surface area contributed by atoms with Crippen LogP contribution < -0.4 is 15.0 Å². The summed E-state index contributed by atoms with van der Waals surface area (Å²) in [6.45, 7) is 5.20. The lowest BCUT2D eigenvalue weighted by Crippen LogP contribution is -2.38. The van der Waals surface area contributed by atoms with Crippen molar-refractivity contribution in [3.63, 3.8) is 0 Å². The van der Waals surface area contributed by atoms with Gasteiger partial charge >= 0.3 is 6.18 Å². The smallest absolute Gasteiger partial charge is 0.421 e. The Bertz CT molecular complexity index is 882. The summed E-state index contributed by atoms with van der Waals surface area (Å²) in [7, 11) is 1.16. The summed E-state index contributed by atoms with van der Waals surface area (Å²) in [5, 5.41) is 2.98. The number of rotatable bonds is 6. The molecule has 30 heavy (non-hydrogen) atoms. The average molecular weight is 421 g/mol. The number of ether oxygens (including phenoxy) is 1. The topological polar surface area (TPSA) is 54.5 Å². The summed E-state index contributed by atoms with van der Waals surface area (Å²) in [5.41, 5.74) is 1.61. The Morgan fingerprint density at radius 2 is 2.00 bits per heavy atom. The summed E-state index contributed by atoms with van der Waals surface area (Å²) in [6, 6.07) is 8.89. The van der Waals surface area contributed by atoms with Crippen molar-refractivity contribution in [1.29, 1.82) is 0 Å². The largest absolute Gasteiger partial charge is 0.481 e. The van der Waals surface area contributed by atoms with Crippen molar-refractivity contribution in [2.24, 2.45) is 0 Å². The zero-order valence-corrected chi connectivity index (χ0v) is 17.3. The Labute approximate surface area is 174 Å². The van der Waals surface area contributed by atoms with Crippen LogP contribution in [-0.2, 0) is 17.4 Å². The lowest BCUT2D eigenvalue weighted by atomic mass is 10.0. The predicted octanol–water partition coefficient (Wildman–Crippen LogP) is 4.17. The molecule has 2 heterocycles. The Morgan fingerprint density at radius 3 is 2.60 bits per heavy atom. The van der Waals surface area contributed by atoms with Crippen LogP contribution in [0.1, 0.15) is 42.9 Å². The molecule has 0 aliphatic carbocycles. The number of nitrogens with one attached hydrogen (secondary N) is 1. The van der Waals surface area contributed by atoms with Gasteiger partial charge < -0.3 is 15.0 Å². The summed E-state index contributed by atoms with van der Waals surface area (Å²) in [4.78, 5) is 18.0. The van der Waals surface area contributed by atoms with E-state index in [4.69, 9.17) is 4.74 Å². The first-order valence-corrected chi connectivity index (χ1v) is 9.91. The quantitative estimate of drug-likeness (QED) is 0.761. The number of carbonyl (C=O) groups is 1. The molecule has 0 spiro atoms. The lowest BCUT2D eigenvalue weighted by molar-refractivity contribution is -0.139. The number of nitrogens with zero attached hydrogens (tertiary/aromatic N) is 2. The molecule has 1 aromatic carbocycles. The van der Waals surface area contributed by atoms with Crippen molar-refractivity contribution in [3.8, 4) is 5.88 Å². The van der Waals surface area contributed by atoms with E-state index in [0.29, 0.717) is 31.1 Å². The number of amides is 1. The van der Waals surface area contributed by atoms with E-state index in [1.165, 1.54) is 11.8 Å². The van der Waals surface area contributed by atoms with Crippen LogP contribution in [-0.4, -0.2) is 37.1 Å². The maximum Gasteiger partial charge on any atom is 0.421 e. The van der Waals surface area contributed by atoms with Crippen molar-refractivity contribution in [2.45, 2.75) is 44.8 Å². The second-order valence-corrected chi connectivity index (χ2v) is 7.82. The number of carbonyl (C=O) groups excluding carboxylic acids is 1. The Hall–Kier alpha value is -2.77. The van der Waals surface area contributed by atoms with Crippen LogP contribution in [0, 0.1) is 0 Å². The van der Waals surface area contributed by atoms with E-state index in [1.54, 1.807) is 4.90 Å². The fourth-order valence-corrected chi connectivity index (χ4v) is 3.58. The van der Waals surface area contributed by atoms with Crippen LogP contribution in [0.4, 0.5) is 18.9 Å². The number of methoxy groups -OCH3 is 1. The highest BCUT2D eigenvalue weighted by molar-refractivity contribution is 5.79. The van der Waals surface area contributed by atoms with Gasteiger partial charge in [-0.15, -0.1) is 0 Å². The minimum Gasteiger partial charge on any atom is -0.481 e. The molecule has 1 amide bonds. The molecule has 1 aliphatic heterocycles. The van der Waals surface area contributed by atoms with E-state index in [1.807, 2.05) is 24.3 Å². The third kappa shape index (κ3) is 5.23. The summed E-state index contributed by atoms with van der Waals surface area (Å²) in [6.07, 6.45) is -2.25. The maximum atomic E-state index is 13.2. The summed E-state index contributed by atoms with van der Waals surface area (Å²) in [5.74, 6) is -0.107. The number of alkyl halides is 3. The van der Waals surface area contributed by atoms with Crippen LogP contribution >= 0.6 is 0 Å². The van der Waals surface area contributed by atoms with Gasteiger partial charge in [0.15, 0.2) is 0 Å². The van der Waals surface area contributed by atoms with Crippen molar-refractivity contribution in [2.75, 3.05) is 25.1 Å². The molecule has 8 heteroatoms. The van der Waals surface area contributed by atoms with Crippen LogP contribution in [0.2, 0.25) is 0 Å². The standard InChI is InChI=1S/C22H26F3N3O2/c1-14(2)16-6-4-15(5-7-16)10-20(29)27-17-8-9-28(13-17)18-11-19(22(23,24)25)21(30-3)26-12-18/h4-7,11-12,14,17H,8-10,13H2,1-3H3,(H,27,29). The molecule has 2 aromatic rings. The van der Waals surface area contributed by atoms with E-state index in [9.17, 15) is 18.0 Å². The highest BCUT2D eigenvalue weighted by Crippen LogP contribution is 2.37. The van der Waals surface area contributed by atoms with E-state index in [-0.39, 0.29) is 18.4 Å². The molecule has 1 fully saturated rings. The third-order valence-electron chi connectivity index (χ3n) is 5.27. The van der Waals surface area contributed by atoms with Gasteiger partial charge in [0.1, 0.15) is 5.56 Å². The van der Waals surface area contributed by atoms with Crippen LogP contribution in [0.3, 0.4) is 0 Å². The van der Waals surface area contributed by atoms with E-state index < -0.39 is 17.6 Å². The van der Waals surface area contributed by atoms with E-state index in [2.05, 4.69) is 24.1 Å². The fourth-order valence-electron chi connectivity index (χ4n) is 3.58. The van der Waals surface area contributed by atoms with Crippen LogP contribution in [0.15, 0.2) is 36.5 Å². The van der Waals surface area contributed by atoms with Crippen molar-refractivity contribution in [3.05, 3.63) is 53.2 Å². The molecule has 5 nitrogen and oxygen atoms in total. The number of halogens is 3. The van der Waals surface area contributed by atoms with E-state index >= 15 is 0 Å². The predicted molar refractivity (Wildman–Crippen MR) is 109 cm³/mol. The molecule has 0 radical (unpaired) electrons. The van der Waals surface area contributed by atoms with Gasteiger partial charge in [0, 0.05) is 19.1 Å². The molecule has 1 unspecified atom stereocenters. The number of anilines is 1. The van der Waals surface area contributed by atoms with Gasteiger partial charge in [0.2, 0.25) is 11.8 Å². The Balaban J connectivity index is 1.59. The van der Waals surface area contributed by atoms with Crippen molar-refractivity contribution < 1.29 is 22.7 Å². The zero-order chi connectivity index (χ0) is 21.9. The van der Waals surface area contributed by atoms with Crippen molar-refractivity contribution >= 4 is 11.6 Å². The molecule has 1 aliphatic rings. The van der Waals surface area contributed by atoms with Crippen LogP contribution in [0.5, 0.6) is 5.88 Å². The molecule has 1 atom stereocenters. The molecule has 0 saturated carbocycles. The molecular formula is C22H26F3N3O2. The van der Waals surface area contributed by atoms with Gasteiger partial charge in [-0.1, -0.05) is 38.1 Å². The van der Waals surface area contributed by atoms with Crippen molar-refractivity contribution in [1.82, 2.24) is 10.3 Å². The first-order valence-electron chi connectivity index (χ1n) is 9.91. The number of aromatic nitrogens is 1. The first kappa shape index (κ1) is 21.9. The van der Waals surface area contributed by atoms with Gasteiger partial charge in [-0.3, -0.25) is 4.79 Å². The molecule has 1 N–H and O–H groups in total. The number of pyridine rings is 1.